The second-order valence-corrected chi connectivity index (χ2v) is 6.24. The number of Topliss-reactive ketones (excluding diaryl/α,β-unsaturated/α-hetero) is 1. The largest absolute Gasteiger partial charge is 0.453 e. The molecule has 0 N–H and O–H groups in total. The Labute approximate surface area is 161 Å². The summed E-state index contributed by atoms with van der Waals surface area (Å²) in [6.45, 7) is 0. The number of esters is 1. The van der Waals surface area contributed by atoms with Gasteiger partial charge >= 0.3 is 5.97 Å². The average Bonchev–Trinajstić information content (AvgIpc) is 2.71. The van der Waals surface area contributed by atoms with Gasteiger partial charge in [-0.05, 0) is 23.3 Å². The van der Waals surface area contributed by atoms with Crippen LogP contribution in [0.3, 0.4) is 0 Å². The van der Waals surface area contributed by atoms with Gasteiger partial charge in [-0.25, -0.2) is 8.78 Å². The van der Waals surface area contributed by atoms with Crippen LogP contribution >= 0.6 is 0 Å². The van der Waals surface area contributed by atoms with Gasteiger partial charge in [0.05, 0.1) is 12.0 Å². The third kappa shape index (κ3) is 4.88. The highest BCUT2D eigenvalue weighted by Crippen LogP contribution is 2.26. The second-order valence-electron chi connectivity index (χ2n) is 6.24. The molecule has 0 saturated carbocycles. The lowest BCUT2D eigenvalue weighted by Gasteiger charge is -2.19. The number of hydrogen-bond acceptors (Lipinski definition) is 3. The molecule has 0 unspecified atom stereocenters. The zero-order valence-electron chi connectivity index (χ0n) is 15.0. The highest BCUT2D eigenvalue weighted by atomic mass is 19.1. The summed E-state index contributed by atoms with van der Waals surface area (Å²) in [4.78, 5) is 24.5. The fraction of sp³-hybridized carbons (Fsp3) is 0.130. The molecule has 0 aromatic heterocycles. The molecule has 0 radical (unpaired) electrons. The molecule has 0 aliphatic rings. The first-order valence-electron chi connectivity index (χ1n) is 8.82. The van der Waals surface area contributed by atoms with Crippen LogP contribution in [0, 0.1) is 11.6 Å². The van der Waals surface area contributed by atoms with E-state index >= 15 is 0 Å². The summed E-state index contributed by atoms with van der Waals surface area (Å²) in [6.07, 6.45) is -1.03. The van der Waals surface area contributed by atoms with Crippen molar-refractivity contribution in [3.63, 3.8) is 0 Å². The van der Waals surface area contributed by atoms with E-state index in [4.69, 9.17) is 4.74 Å². The topological polar surface area (TPSA) is 43.4 Å². The van der Waals surface area contributed by atoms with Gasteiger partial charge in [0.15, 0.2) is 11.9 Å². The van der Waals surface area contributed by atoms with Crippen LogP contribution in [0.5, 0.6) is 0 Å². The van der Waals surface area contributed by atoms with Gasteiger partial charge in [0.1, 0.15) is 11.6 Å². The molecular formula is C23H18F2O3. The lowest BCUT2D eigenvalue weighted by molar-refractivity contribution is -0.147. The van der Waals surface area contributed by atoms with Crippen molar-refractivity contribution in [3.8, 4) is 0 Å². The van der Waals surface area contributed by atoms with Crippen molar-refractivity contribution < 1.29 is 23.1 Å². The lowest BCUT2D eigenvalue weighted by atomic mass is 10.0. The van der Waals surface area contributed by atoms with Crippen molar-refractivity contribution in [3.05, 3.63) is 107 Å². The number of carbonyl (C=O) groups is 2. The lowest BCUT2D eigenvalue weighted by Crippen LogP contribution is -2.14. The number of ketones is 1. The molecule has 0 aliphatic heterocycles. The Bertz CT molecular complexity index is 917. The van der Waals surface area contributed by atoms with E-state index in [1.54, 1.807) is 0 Å². The third-order valence-corrected chi connectivity index (χ3v) is 4.24. The molecule has 0 amide bonds. The zero-order chi connectivity index (χ0) is 19.9. The predicted molar refractivity (Wildman–Crippen MR) is 101 cm³/mol. The van der Waals surface area contributed by atoms with Crippen LogP contribution < -0.4 is 0 Å². The number of rotatable bonds is 7. The minimum Gasteiger partial charge on any atom is -0.453 e. The molecule has 0 fully saturated rings. The van der Waals surface area contributed by atoms with E-state index in [9.17, 15) is 18.4 Å². The van der Waals surface area contributed by atoms with Crippen molar-refractivity contribution in [2.24, 2.45) is 0 Å². The molecule has 28 heavy (non-hydrogen) atoms. The van der Waals surface area contributed by atoms with Crippen LogP contribution in [-0.2, 0) is 9.53 Å². The van der Waals surface area contributed by atoms with E-state index in [0.717, 1.165) is 23.3 Å². The van der Waals surface area contributed by atoms with Crippen molar-refractivity contribution in [1.29, 1.82) is 0 Å². The molecule has 3 aromatic carbocycles. The summed E-state index contributed by atoms with van der Waals surface area (Å²) in [5.41, 5.74) is 1.37. The summed E-state index contributed by atoms with van der Waals surface area (Å²) < 4.78 is 32.3. The highest BCUT2D eigenvalue weighted by Gasteiger charge is 2.20. The number of ether oxygens (including phenoxy) is 1. The van der Waals surface area contributed by atoms with Crippen LogP contribution in [0.15, 0.2) is 78.9 Å². The normalized spacial score (nSPS) is 10.7. The maximum Gasteiger partial charge on any atom is 0.307 e. The van der Waals surface area contributed by atoms with E-state index in [2.05, 4.69) is 0 Å². The van der Waals surface area contributed by atoms with E-state index < -0.39 is 29.5 Å². The van der Waals surface area contributed by atoms with Crippen LogP contribution in [0.1, 0.15) is 40.4 Å². The highest BCUT2D eigenvalue weighted by molar-refractivity contribution is 5.97. The van der Waals surface area contributed by atoms with Crippen LogP contribution in [0.25, 0.3) is 0 Å². The standard InChI is InChI=1S/C23H18F2O3/c24-18-11-12-19(20(25)15-18)21(26)13-14-22(27)28-23(16-7-3-1-4-8-16)17-9-5-2-6-10-17/h1-12,15,23H,13-14H2. The first-order valence-corrected chi connectivity index (χ1v) is 8.82. The molecule has 0 aliphatic carbocycles. The molecule has 0 spiro atoms. The van der Waals surface area contributed by atoms with E-state index in [0.29, 0.717) is 6.07 Å². The average molecular weight is 380 g/mol. The second kappa shape index (κ2) is 9.04. The van der Waals surface area contributed by atoms with Crippen LogP contribution in [-0.4, -0.2) is 11.8 Å². The third-order valence-electron chi connectivity index (χ3n) is 4.24. The molecule has 5 heteroatoms. The Morgan fingerprint density at radius 1 is 0.786 bits per heavy atom. The molecule has 142 valence electrons. The summed E-state index contributed by atoms with van der Waals surface area (Å²) in [7, 11) is 0. The van der Waals surface area contributed by atoms with Crippen LogP contribution in [0.4, 0.5) is 8.78 Å². The molecule has 3 nitrogen and oxygen atoms in total. The minimum absolute atomic E-state index is 0.203. The van der Waals surface area contributed by atoms with E-state index in [1.165, 1.54) is 0 Å². The SMILES string of the molecule is O=C(CCC(=O)c1ccc(F)cc1F)OC(c1ccccc1)c1ccccc1. The van der Waals surface area contributed by atoms with Gasteiger partial charge in [-0.2, -0.15) is 0 Å². The van der Waals surface area contributed by atoms with Gasteiger partial charge < -0.3 is 4.74 Å². The Kier molecular flexibility index (Phi) is 6.27. The molecule has 3 rings (SSSR count). The molecular weight excluding hydrogens is 362 g/mol. The number of carbonyl (C=O) groups excluding carboxylic acids is 2. The molecule has 0 saturated heterocycles. The number of halogens is 2. The zero-order valence-corrected chi connectivity index (χ0v) is 15.0. The van der Waals surface area contributed by atoms with Gasteiger partial charge in [-0.3, -0.25) is 9.59 Å². The van der Waals surface area contributed by atoms with Gasteiger partial charge in [-0.15, -0.1) is 0 Å². The quantitative estimate of drug-likeness (QED) is 0.415. The van der Waals surface area contributed by atoms with Crippen molar-refractivity contribution in [2.45, 2.75) is 18.9 Å². The van der Waals surface area contributed by atoms with Gasteiger partial charge in [-0.1, -0.05) is 60.7 Å². The van der Waals surface area contributed by atoms with Crippen molar-refractivity contribution in [1.82, 2.24) is 0 Å². The van der Waals surface area contributed by atoms with E-state index in [-0.39, 0.29) is 18.4 Å². The predicted octanol–water partition coefficient (Wildman–Crippen LogP) is 5.26. The molecule has 0 heterocycles. The fourth-order valence-electron chi connectivity index (χ4n) is 2.84. The Balaban J connectivity index is 1.68. The first-order chi connectivity index (χ1) is 13.5. The maximum atomic E-state index is 13.7. The fourth-order valence-corrected chi connectivity index (χ4v) is 2.84. The van der Waals surface area contributed by atoms with Crippen molar-refractivity contribution >= 4 is 11.8 Å². The molecule has 0 atom stereocenters. The summed E-state index contributed by atoms with van der Waals surface area (Å²) >= 11 is 0. The van der Waals surface area contributed by atoms with Crippen molar-refractivity contribution in [2.75, 3.05) is 0 Å². The smallest absolute Gasteiger partial charge is 0.307 e. The Hall–Kier alpha value is -3.34. The monoisotopic (exact) mass is 380 g/mol. The Morgan fingerprint density at radius 2 is 1.36 bits per heavy atom. The maximum absolute atomic E-state index is 13.7. The van der Waals surface area contributed by atoms with Gasteiger partial charge in [0.2, 0.25) is 0 Å². The van der Waals surface area contributed by atoms with Crippen LogP contribution in [0.2, 0.25) is 0 Å². The van der Waals surface area contributed by atoms with Gasteiger partial charge in [0, 0.05) is 12.5 Å². The number of hydrogen-bond donors (Lipinski definition) is 0. The first kappa shape index (κ1) is 19.4. The molecule has 3 aromatic rings. The van der Waals surface area contributed by atoms with E-state index in [1.807, 2.05) is 60.7 Å². The summed E-state index contributed by atoms with van der Waals surface area (Å²) in [6, 6.07) is 21.3. The molecule has 0 bridgehead atoms. The summed E-state index contributed by atoms with van der Waals surface area (Å²) in [5, 5.41) is 0. The summed E-state index contributed by atoms with van der Waals surface area (Å²) in [5.74, 6) is -2.86. The van der Waals surface area contributed by atoms with Gasteiger partial charge in [0.25, 0.3) is 0 Å². The minimum atomic E-state index is -0.940. The number of benzene rings is 3. The Morgan fingerprint density at radius 3 is 1.89 bits per heavy atom.